The lowest BCUT2D eigenvalue weighted by Gasteiger charge is -2.14. The molecular weight excluding hydrogens is 424 g/mol. The van der Waals surface area contributed by atoms with Gasteiger partial charge in [0.1, 0.15) is 5.75 Å². The molecule has 0 amide bonds. The van der Waals surface area contributed by atoms with Crippen molar-refractivity contribution in [3.63, 3.8) is 0 Å². The SMILES string of the molecule is C=CC(=O)Oc1ccc(C2=CC=C(c3ccc(C(C)COC(=O)C(=C)C)cc3)CC(C)=C2)cc1. The van der Waals surface area contributed by atoms with E-state index in [9.17, 15) is 9.59 Å². The van der Waals surface area contributed by atoms with Crippen LogP contribution in [0, 0.1) is 0 Å². The van der Waals surface area contributed by atoms with Crippen LogP contribution >= 0.6 is 0 Å². The van der Waals surface area contributed by atoms with Gasteiger partial charge in [-0.2, -0.15) is 0 Å². The van der Waals surface area contributed by atoms with Gasteiger partial charge in [-0.25, -0.2) is 9.59 Å². The molecule has 0 N–H and O–H groups in total. The van der Waals surface area contributed by atoms with Crippen molar-refractivity contribution in [2.75, 3.05) is 6.61 Å². The zero-order valence-corrected chi connectivity index (χ0v) is 20.0. The monoisotopic (exact) mass is 454 g/mol. The largest absolute Gasteiger partial charge is 0.462 e. The number of hydrogen-bond donors (Lipinski definition) is 0. The number of esters is 2. The van der Waals surface area contributed by atoms with Crippen LogP contribution in [0.15, 0.2) is 97.1 Å². The van der Waals surface area contributed by atoms with Gasteiger partial charge in [-0.1, -0.05) is 80.3 Å². The Morgan fingerprint density at radius 2 is 1.68 bits per heavy atom. The van der Waals surface area contributed by atoms with Crippen LogP contribution in [0.1, 0.15) is 49.8 Å². The van der Waals surface area contributed by atoms with Crippen LogP contribution in [-0.2, 0) is 14.3 Å². The smallest absolute Gasteiger partial charge is 0.335 e. The number of ether oxygens (including phenoxy) is 2. The molecule has 0 heterocycles. The first-order chi connectivity index (χ1) is 16.3. The summed E-state index contributed by atoms with van der Waals surface area (Å²) in [4.78, 5) is 23.0. The van der Waals surface area contributed by atoms with Crippen molar-refractivity contribution in [3.8, 4) is 5.75 Å². The van der Waals surface area contributed by atoms with Gasteiger partial charge in [-0.05, 0) is 60.2 Å². The van der Waals surface area contributed by atoms with Gasteiger partial charge in [0.15, 0.2) is 0 Å². The van der Waals surface area contributed by atoms with Gasteiger partial charge in [0.05, 0.1) is 6.61 Å². The van der Waals surface area contributed by atoms with Crippen LogP contribution < -0.4 is 4.74 Å². The first-order valence-electron chi connectivity index (χ1n) is 11.2. The van der Waals surface area contributed by atoms with E-state index in [2.05, 4.69) is 62.6 Å². The van der Waals surface area contributed by atoms with Crippen molar-refractivity contribution in [2.45, 2.75) is 33.1 Å². The minimum absolute atomic E-state index is 0.0994. The van der Waals surface area contributed by atoms with Crippen molar-refractivity contribution in [1.29, 1.82) is 0 Å². The molecular formula is C30H30O4. The molecule has 1 unspecified atom stereocenters. The number of hydrogen-bond acceptors (Lipinski definition) is 4. The van der Waals surface area contributed by atoms with E-state index in [4.69, 9.17) is 9.47 Å². The third-order valence-corrected chi connectivity index (χ3v) is 5.57. The quantitative estimate of drug-likeness (QED) is 0.250. The molecule has 1 aliphatic carbocycles. The Morgan fingerprint density at radius 1 is 1.03 bits per heavy atom. The Balaban J connectivity index is 1.74. The van der Waals surface area contributed by atoms with Crippen LogP contribution in [0.2, 0.25) is 0 Å². The molecule has 0 spiro atoms. The molecule has 0 bridgehead atoms. The van der Waals surface area contributed by atoms with E-state index in [1.54, 1.807) is 19.1 Å². The Bertz CT molecular complexity index is 1180. The van der Waals surface area contributed by atoms with Crippen LogP contribution in [0.25, 0.3) is 11.1 Å². The van der Waals surface area contributed by atoms with Crippen LogP contribution in [0.4, 0.5) is 0 Å². The van der Waals surface area contributed by atoms with Crippen LogP contribution in [-0.4, -0.2) is 18.5 Å². The Kier molecular flexibility index (Phi) is 8.20. The Labute approximate surface area is 201 Å². The van der Waals surface area contributed by atoms with Crippen LogP contribution in [0.3, 0.4) is 0 Å². The average Bonchev–Trinajstić information content (AvgIpc) is 3.04. The van der Waals surface area contributed by atoms with E-state index in [1.807, 2.05) is 19.1 Å². The predicted molar refractivity (Wildman–Crippen MR) is 137 cm³/mol. The first-order valence-corrected chi connectivity index (χ1v) is 11.2. The molecule has 174 valence electrons. The second kappa shape index (κ2) is 11.3. The van der Waals surface area contributed by atoms with E-state index in [1.165, 1.54) is 11.1 Å². The van der Waals surface area contributed by atoms with Gasteiger partial charge < -0.3 is 9.47 Å². The summed E-state index contributed by atoms with van der Waals surface area (Å²) in [6.45, 7) is 13.2. The first kappa shape index (κ1) is 24.7. The van der Waals surface area contributed by atoms with E-state index in [-0.39, 0.29) is 11.9 Å². The Hall–Kier alpha value is -3.92. The zero-order chi connectivity index (χ0) is 24.7. The number of carbonyl (C=O) groups is 2. The second-order valence-corrected chi connectivity index (χ2v) is 8.53. The molecule has 0 saturated heterocycles. The van der Waals surface area contributed by atoms with E-state index in [0.717, 1.165) is 34.8 Å². The third kappa shape index (κ3) is 6.55. The van der Waals surface area contributed by atoms with Crippen molar-refractivity contribution in [1.82, 2.24) is 0 Å². The molecule has 0 aliphatic heterocycles. The summed E-state index contributed by atoms with van der Waals surface area (Å²) in [6, 6.07) is 15.9. The van der Waals surface area contributed by atoms with E-state index in [0.29, 0.717) is 17.9 Å². The summed E-state index contributed by atoms with van der Waals surface area (Å²) in [5.41, 5.74) is 7.31. The highest BCUT2D eigenvalue weighted by molar-refractivity contribution is 5.87. The summed E-state index contributed by atoms with van der Waals surface area (Å²) < 4.78 is 10.4. The highest BCUT2D eigenvalue weighted by Crippen LogP contribution is 2.31. The molecule has 2 aromatic carbocycles. The van der Waals surface area contributed by atoms with Crippen LogP contribution in [0.5, 0.6) is 5.75 Å². The topological polar surface area (TPSA) is 52.6 Å². The standard InChI is InChI=1S/C30H30O4/c1-6-29(31)34-28-15-13-25(14-16-28)27-12-11-26(17-21(4)18-27)24-9-7-23(8-10-24)22(5)19-33-30(32)20(2)3/h6-16,18,22H,1-2,17,19H2,3-5H3. The molecule has 0 saturated carbocycles. The molecule has 0 radical (unpaired) electrons. The fourth-order valence-electron chi connectivity index (χ4n) is 3.61. The van der Waals surface area contributed by atoms with E-state index >= 15 is 0 Å². The summed E-state index contributed by atoms with van der Waals surface area (Å²) >= 11 is 0. The molecule has 2 aromatic rings. The zero-order valence-electron chi connectivity index (χ0n) is 20.0. The second-order valence-electron chi connectivity index (χ2n) is 8.53. The molecule has 1 aliphatic rings. The van der Waals surface area contributed by atoms with Crippen molar-refractivity contribution >= 4 is 23.1 Å². The minimum atomic E-state index is -0.474. The lowest BCUT2D eigenvalue weighted by molar-refractivity contribution is -0.139. The van der Waals surface area contributed by atoms with Gasteiger partial charge in [0, 0.05) is 17.6 Å². The lowest BCUT2D eigenvalue weighted by atomic mass is 9.95. The number of allylic oxidation sites excluding steroid dienone is 6. The summed E-state index contributed by atoms with van der Waals surface area (Å²) in [6.07, 6.45) is 8.44. The molecule has 0 aromatic heterocycles. The molecule has 1 atom stereocenters. The third-order valence-electron chi connectivity index (χ3n) is 5.57. The lowest BCUT2D eigenvalue weighted by Crippen LogP contribution is -2.11. The summed E-state index contributed by atoms with van der Waals surface area (Å²) in [5.74, 6) is -0.242. The van der Waals surface area contributed by atoms with Gasteiger partial charge >= 0.3 is 11.9 Å². The molecule has 3 rings (SSSR count). The van der Waals surface area contributed by atoms with Gasteiger partial charge in [0.2, 0.25) is 0 Å². The summed E-state index contributed by atoms with van der Waals surface area (Å²) in [5, 5.41) is 0. The van der Waals surface area contributed by atoms with Crippen molar-refractivity contribution in [3.05, 3.63) is 114 Å². The fraction of sp³-hybridized carbons (Fsp3) is 0.200. The maximum Gasteiger partial charge on any atom is 0.335 e. The van der Waals surface area contributed by atoms with Gasteiger partial charge in [-0.3, -0.25) is 0 Å². The molecule has 4 heteroatoms. The number of rotatable bonds is 8. The fourth-order valence-corrected chi connectivity index (χ4v) is 3.61. The Morgan fingerprint density at radius 3 is 2.29 bits per heavy atom. The number of carbonyl (C=O) groups excluding carboxylic acids is 2. The minimum Gasteiger partial charge on any atom is -0.462 e. The van der Waals surface area contributed by atoms with Gasteiger partial charge in [0.25, 0.3) is 0 Å². The maximum absolute atomic E-state index is 11.6. The highest BCUT2D eigenvalue weighted by Gasteiger charge is 2.12. The average molecular weight is 455 g/mol. The summed E-state index contributed by atoms with van der Waals surface area (Å²) in [7, 11) is 0. The van der Waals surface area contributed by atoms with E-state index < -0.39 is 5.97 Å². The van der Waals surface area contributed by atoms with Crippen molar-refractivity contribution in [2.24, 2.45) is 0 Å². The normalized spacial score (nSPS) is 14.0. The predicted octanol–water partition coefficient (Wildman–Crippen LogP) is 6.82. The maximum atomic E-state index is 11.6. The van der Waals surface area contributed by atoms with Gasteiger partial charge in [-0.15, -0.1) is 0 Å². The van der Waals surface area contributed by atoms with Crippen molar-refractivity contribution < 1.29 is 19.1 Å². The molecule has 34 heavy (non-hydrogen) atoms. The molecule has 4 nitrogen and oxygen atoms in total. The number of benzene rings is 2. The highest BCUT2D eigenvalue weighted by atomic mass is 16.5. The molecule has 0 fully saturated rings.